The number of likely N-dealkylation sites (N-methyl/N-ethyl adjacent to an activating group) is 1. The zero-order chi connectivity index (χ0) is 13.8. The molecular weight excluding hydrogens is 236 g/mol. The van der Waals surface area contributed by atoms with Crippen LogP contribution in [0.3, 0.4) is 0 Å². The van der Waals surface area contributed by atoms with Crippen LogP contribution in [0.25, 0.3) is 0 Å². The number of ether oxygens (including phenoxy) is 1. The average molecular weight is 262 g/mol. The number of rotatable bonds is 5. The molecule has 0 spiro atoms. The van der Waals surface area contributed by atoms with Crippen molar-refractivity contribution in [2.24, 2.45) is 11.7 Å². The second-order valence-corrected chi connectivity index (χ2v) is 5.54. The molecule has 1 aliphatic heterocycles. The molecule has 0 amide bonds. The molecule has 1 aliphatic rings. The van der Waals surface area contributed by atoms with Crippen LogP contribution in [0.15, 0.2) is 24.3 Å². The number of hydrogen-bond acceptors (Lipinski definition) is 3. The van der Waals surface area contributed by atoms with Crippen molar-refractivity contribution in [2.45, 2.75) is 39.3 Å². The fourth-order valence-electron chi connectivity index (χ4n) is 2.73. The first kappa shape index (κ1) is 14.4. The second kappa shape index (κ2) is 6.40. The second-order valence-electron chi connectivity index (χ2n) is 5.54. The molecule has 2 rings (SSSR count). The molecule has 1 heterocycles. The van der Waals surface area contributed by atoms with E-state index in [9.17, 15) is 0 Å². The Morgan fingerprint density at radius 1 is 1.37 bits per heavy atom. The normalized spacial score (nSPS) is 23.8. The van der Waals surface area contributed by atoms with Crippen LogP contribution in [0.4, 0.5) is 0 Å². The molecule has 0 aromatic heterocycles. The number of hydrogen-bond donors (Lipinski definition) is 1. The van der Waals surface area contributed by atoms with Gasteiger partial charge in [-0.1, -0.05) is 45.4 Å². The third-order valence-corrected chi connectivity index (χ3v) is 4.22. The number of para-hydroxylation sites is 1. The van der Waals surface area contributed by atoms with Crippen LogP contribution in [0.2, 0.25) is 0 Å². The summed E-state index contributed by atoms with van der Waals surface area (Å²) in [5.74, 6) is 1.65. The summed E-state index contributed by atoms with van der Waals surface area (Å²) in [5, 5.41) is 0. The quantitative estimate of drug-likeness (QED) is 0.887. The van der Waals surface area contributed by atoms with Gasteiger partial charge in [-0.25, -0.2) is 0 Å². The molecular formula is C16H26N2O. The van der Waals surface area contributed by atoms with Gasteiger partial charge in [0.1, 0.15) is 12.4 Å². The number of fused-ring (bicyclic) bond motifs is 1. The predicted octanol–water partition coefficient (Wildman–Crippen LogP) is 2.82. The number of nitrogens with zero attached hydrogens (tertiary/aromatic N) is 1. The highest BCUT2D eigenvalue weighted by Crippen LogP contribution is 2.32. The lowest BCUT2D eigenvalue weighted by Crippen LogP contribution is -2.49. The molecule has 3 heteroatoms. The summed E-state index contributed by atoms with van der Waals surface area (Å²) in [7, 11) is 0. The van der Waals surface area contributed by atoms with Crippen molar-refractivity contribution < 1.29 is 4.74 Å². The largest absolute Gasteiger partial charge is 0.492 e. The summed E-state index contributed by atoms with van der Waals surface area (Å²) in [4.78, 5) is 2.47. The lowest BCUT2D eigenvalue weighted by atomic mass is 9.95. The van der Waals surface area contributed by atoms with E-state index in [0.717, 1.165) is 24.4 Å². The first-order valence-electron chi connectivity index (χ1n) is 7.38. The molecule has 1 aromatic rings. The van der Waals surface area contributed by atoms with E-state index < -0.39 is 0 Å². The first-order chi connectivity index (χ1) is 9.17. The zero-order valence-corrected chi connectivity index (χ0v) is 12.3. The molecule has 0 saturated carbocycles. The maximum Gasteiger partial charge on any atom is 0.124 e. The molecule has 0 aliphatic carbocycles. The van der Waals surface area contributed by atoms with Crippen LogP contribution in [0.1, 0.15) is 38.8 Å². The lowest BCUT2D eigenvalue weighted by Gasteiger charge is -2.39. The van der Waals surface area contributed by atoms with Crippen LogP contribution in [0.5, 0.6) is 5.75 Å². The molecule has 0 bridgehead atoms. The Hall–Kier alpha value is -1.06. The fourth-order valence-corrected chi connectivity index (χ4v) is 2.73. The third kappa shape index (κ3) is 3.10. The molecule has 106 valence electrons. The van der Waals surface area contributed by atoms with Gasteiger partial charge in [0.25, 0.3) is 0 Å². The molecule has 3 unspecified atom stereocenters. The SMILES string of the molecule is CCC(C)CN(CC)C1COc2ccccc2C1N. The van der Waals surface area contributed by atoms with Gasteiger partial charge in [0.15, 0.2) is 0 Å². The minimum atomic E-state index is 0.0500. The molecule has 19 heavy (non-hydrogen) atoms. The van der Waals surface area contributed by atoms with E-state index in [2.05, 4.69) is 31.7 Å². The lowest BCUT2D eigenvalue weighted by molar-refractivity contribution is 0.0895. The highest BCUT2D eigenvalue weighted by Gasteiger charge is 2.32. The third-order valence-electron chi connectivity index (χ3n) is 4.22. The Bertz CT molecular complexity index is 407. The van der Waals surface area contributed by atoms with Gasteiger partial charge >= 0.3 is 0 Å². The van der Waals surface area contributed by atoms with Crippen LogP contribution in [0, 0.1) is 5.92 Å². The van der Waals surface area contributed by atoms with E-state index in [-0.39, 0.29) is 12.1 Å². The van der Waals surface area contributed by atoms with Gasteiger partial charge in [0, 0.05) is 12.1 Å². The van der Waals surface area contributed by atoms with Crippen LogP contribution in [-0.4, -0.2) is 30.6 Å². The Labute approximate surface area is 116 Å². The van der Waals surface area contributed by atoms with Gasteiger partial charge in [0.2, 0.25) is 0 Å². The molecule has 3 atom stereocenters. The number of benzene rings is 1. The van der Waals surface area contributed by atoms with Crippen LogP contribution in [-0.2, 0) is 0 Å². The van der Waals surface area contributed by atoms with E-state index in [1.54, 1.807) is 0 Å². The van der Waals surface area contributed by atoms with E-state index in [1.165, 1.54) is 6.42 Å². The molecule has 0 saturated heterocycles. The van der Waals surface area contributed by atoms with Gasteiger partial charge in [-0.2, -0.15) is 0 Å². The van der Waals surface area contributed by atoms with Gasteiger partial charge in [-0.05, 0) is 18.5 Å². The summed E-state index contributed by atoms with van der Waals surface area (Å²) in [6.45, 7) is 9.56. The van der Waals surface area contributed by atoms with E-state index in [4.69, 9.17) is 10.5 Å². The molecule has 1 aromatic carbocycles. The Morgan fingerprint density at radius 2 is 2.11 bits per heavy atom. The van der Waals surface area contributed by atoms with Crippen molar-refractivity contribution in [1.29, 1.82) is 0 Å². The van der Waals surface area contributed by atoms with Crippen molar-refractivity contribution in [3.05, 3.63) is 29.8 Å². The summed E-state index contributed by atoms with van der Waals surface area (Å²) < 4.78 is 5.88. The highest BCUT2D eigenvalue weighted by atomic mass is 16.5. The summed E-state index contributed by atoms with van der Waals surface area (Å²) in [6, 6.07) is 8.47. The van der Waals surface area contributed by atoms with Gasteiger partial charge in [0.05, 0.1) is 12.1 Å². The zero-order valence-electron chi connectivity index (χ0n) is 12.3. The van der Waals surface area contributed by atoms with Crippen molar-refractivity contribution in [2.75, 3.05) is 19.7 Å². The monoisotopic (exact) mass is 262 g/mol. The average Bonchev–Trinajstić information content (AvgIpc) is 2.45. The summed E-state index contributed by atoms with van der Waals surface area (Å²) in [5.41, 5.74) is 7.60. The van der Waals surface area contributed by atoms with Crippen LogP contribution >= 0.6 is 0 Å². The molecule has 3 nitrogen and oxygen atoms in total. The van der Waals surface area contributed by atoms with Crippen molar-refractivity contribution in [3.63, 3.8) is 0 Å². The summed E-state index contributed by atoms with van der Waals surface area (Å²) >= 11 is 0. The predicted molar refractivity (Wildman–Crippen MR) is 79.4 cm³/mol. The van der Waals surface area contributed by atoms with E-state index >= 15 is 0 Å². The minimum Gasteiger partial charge on any atom is -0.492 e. The molecule has 0 fully saturated rings. The van der Waals surface area contributed by atoms with E-state index in [0.29, 0.717) is 12.5 Å². The van der Waals surface area contributed by atoms with Crippen molar-refractivity contribution in [3.8, 4) is 5.75 Å². The van der Waals surface area contributed by atoms with Gasteiger partial charge < -0.3 is 10.5 Å². The molecule has 2 N–H and O–H groups in total. The minimum absolute atomic E-state index is 0.0500. The van der Waals surface area contributed by atoms with Gasteiger partial charge in [-0.15, -0.1) is 0 Å². The van der Waals surface area contributed by atoms with Crippen molar-refractivity contribution in [1.82, 2.24) is 4.90 Å². The van der Waals surface area contributed by atoms with E-state index in [1.807, 2.05) is 18.2 Å². The van der Waals surface area contributed by atoms with Gasteiger partial charge in [-0.3, -0.25) is 4.90 Å². The maximum atomic E-state index is 6.46. The van der Waals surface area contributed by atoms with Crippen molar-refractivity contribution >= 4 is 0 Å². The van der Waals surface area contributed by atoms with Crippen LogP contribution < -0.4 is 10.5 Å². The first-order valence-corrected chi connectivity index (χ1v) is 7.38. The Balaban J connectivity index is 2.13. The Morgan fingerprint density at radius 3 is 2.79 bits per heavy atom. The topological polar surface area (TPSA) is 38.5 Å². The smallest absolute Gasteiger partial charge is 0.124 e. The standard InChI is InChI=1S/C16H26N2O/c1-4-12(3)10-18(5-2)14-11-19-15-9-7-6-8-13(15)16(14)17/h6-9,12,14,16H,4-5,10-11,17H2,1-3H3. The Kier molecular flexibility index (Phi) is 4.83. The summed E-state index contributed by atoms with van der Waals surface area (Å²) in [6.07, 6.45) is 1.20. The highest BCUT2D eigenvalue weighted by molar-refractivity contribution is 5.38. The maximum absolute atomic E-state index is 6.46. The fraction of sp³-hybridized carbons (Fsp3) is 0.625. The molecule has 0 radical (unpaired) electrons. The number of nitrogens with two attached hydrogens (primary N) is 1.